The third kappa shape index (κ3) is 5.64. The summed E-state index contributed by atoms with van der Waals surface area (Å²) in [5.74, 6) is 0. The highest BCUT2D eigenvalue weighted by atomic mass is 31.1. The summed E-state index contributed by atoms with van der Waals surface area (Å²) in [6.45, 7) is 0.166. The number of hydrogen-bond acceptors (Lipinski definition) is 4. The van der Waals surface area contributed by atoms with Crippen molar-refractivity contribution in [2.75, 3.05) is 0 Å². The van der Waals surface area contributed by atoms with E-state index in [0.29, 0.717) is 6.42 Å². The SMILES string of the molecule is O=POC(Cc1ccccc1)NC(=O)OCc1ccccc1. The van der Waals surface area contributed by atoms with Gasteiger partial charge in [0.1, 0.15) is 12.8 Å². The van der Waals surface area contributed by atoms with Crippen molar-refractivity contribution in [1.29, 1.82) is 0 Å². The highest BCUT2D eigenvalue weighted by molar-refractivity contribution is 7.17. The second-order valence-corrected chi connectivity index (χ2v) is 4.92. The Bertz CT molecular complexity index is 592. The number of nitrogens with one attached hydrogen (secondary N) is 1. The van der Waals surface area contributed by atoms with Crippen LogP contribution in [-0.4, -0.2) is 12.3 Å². The van der Waals surface area contributed by atoms with Gasteiger partial charge < -0.3 is 4.74 Å². The van der Waals surface area contributed by atoms with Gasteiger partial charge in [0.2, 0.25) is 0 Å². The van der Waals surface area contributed by atoms with Crippen LogP contribution in [0.3, 0.4) is 0 Å². The van der Waals surface area contributed by atoms with Gasteiger partial charge in [-0.05, 0) is 11.1 Å². The molecule has 22 heavy (non-hydrogen) atoms. The van der Waals surface area contributed by atoms with Gasteiger partial charge in [0.05, 0.1) is 0 Å². The van der Waals surface area contributed by atoms with E-state index in [9.17, 15) is 9.36 Å². The first-order valence-electron chi connectivity index (χ1n) is 6.77. The molecule has 0 spiro atoms. The van der Waals surface area contributed by atoms with Gasteiger partial charge in [-0.1, -0.05) is 60.7 Å². The fourth-order valence-corrected chi connectivity index (χ4v) is 2.12. The molecular weight excluding hydrogens is 301 g/mol. The van der Waals surface area contributed by atoms with E-state index in [0.717, 1.165) is 11.1 Å². The average molecular weight is 317 g/mol. The predicted octanol–water partition coefficient (Wildman–Crippen LogP) is 3.70. The molecule has 0 aliphatic heterocycles. The second-order valence-electron chi connectivity index (χ2n) is 4.56. The topological polar surface area (TPSA) is 64.6 Å². The summed E-state index contributed by atoms with van der Waals surface area (Å²) in [6.07, 6.45) is -0.936. The van der Waals surface area contributed by atoms with Gasteiger partial charge in [-0.3, -0.25) is 9.84 Å². The van der Waals surface area contributed by atoms with E-state index in [1.165, 1.54) is 0 Å². The van der Waals surface area contributed by atoms with Crippen molar-refractivity contribution in [2.45, 2.75) is 19.3 Å². The van der Waals surface area contributed by atoms with E-state index in [1.807, 2.05) is 60.7 Å². The van der Waals surface area contributed by atoms with E-state index < -0.39 is 21.0 Å². The summed E-state index contributed by atoms with van der Waals surface area (Å²) >= 11 is 0. The van der Waals surface area contributed by atoms with Crippen LogP contribution in [0.25, 0.3) is 0 Å². The largest absolute Gasteiger partial charge is 0.445 e. The molecule has 0 aromatic heterocycles. The fraction of sp³-hybridized carbons (Fsp3) is 0.188. The lowest BCUT2D eigenvalue weighted by Crippen LogP contribution is -2.37. The molecule has 2 rings (SSSR count). The van der Waals surface area contributed by atoms with Gasteiger partial charge in [-0.2, -0.15) is 0 Å². The van der Waals surface area contributed by atoms with Crippen LogP contribution in [0.15, 0.2) is 60.7 Å². The monoisotopic (exact) mass is 317 g/mol. The van der Waals surface area contributed by atoms with E-state index in [4.69, 9.17) is 9.26 Å². The molecule has 6 heteroatoms. The molecule has 114 valence electrons. The van der Waals surface area contributed by atoms with Crippen molar-refractivity contribution >= 4 is 14.8 Å². The van der Waals surface area contributed by atoms with Crippen LogP contribution in [0.2, 0.25) is 0 Å². The zero-order valence-electron chi connectivity index (χ0n) is 11.8. The molecule has 0 saturated carbocycles. The van der Waals surface area contributed by atoms with Gasteiger partial charge in [0, 0.05) is 6.42 Å². The Morgan fingerprint density at radius 3 is 2.18 bits per heavy atom. The van der Waals surface area contributed by atoms with E-state index >= 15 is 0 Å². The number of hydrogen-bond donors (Lipinski definition) is 1. The summed E-state index contributed by atoms with van der Waals surface area (Å²) in [5.41, 5.74) is 1.85. The minimum atomic E-state index is -0.718. The van der Waals surface area contributed by atoms with Gasteiger partial charge in [-0.15, -0.1) is 0 Å². The number of rotatable bonds is 7. The summed E-state index contributed by atoms with van der Waals surface area (Å²) in [4.78, 5) is 11.8. The minimum Gasteiger partial charge on any atom is -0.445 e. The molecule has 0 aliphatic carbocycles. The molecule has 1 amide bonds. The van der Waals surface area contributed by atoms with Crippen LogP contribution < -0.4 is 5.32 Å². The Kier molecular flexibility index (Phi) is 6.55. The van der Waals surface area contributed by atoms with Gasteiger partial charge in [0.25, 0.3) is 0 Å². The lowest BCUT2D eigenvalue weighted by Gasteiger charge is -2.15. The fourth-order valence-electron chi connectivity index (χ4n) is 1.89. The van der Waals surface area contributed by atoms with Crippen LogP contribution in [-0.2, 0) is 26.9 Å². The molecule has 1 atom stereocenters. The minimum absolute atomic E-state index is 0.166. The Balaban J connectivity index is 1.84. The Morgan fingerprint density at radius 2 is 1.59 bits per heavy atom. The standard InChI is InChI=1S/C16H16NO4P/c18-16(20-12-14-9-5-2-6-10-14)17-15(21-22-19)11-13-7-3-1-4-8-13/h1-10,15H,11-12H2,(H,17,18). The summed E-state index contributed by atoms with van der Waals surface area (Å²) in [7, 11) is -0.495. The average Bonchev–Trinajstić information content (AvgIpc) is 2.55. The lowest BCUT2D eigenvalue weighted by atomic mass is 10.1. The van der Waals surface area contributed by atoms with Crippen molar-refractivity contribution in [2.24, 2.45) is 0 Å². The molecule has 0 saturated heterocycles. The van der Waals surface area contributed by atoms with E-state index in [1.54, 1.807) is 0 Å². The van der Waals surface area contributed by atoms with Crippen LogP contribution in [0, 0.1) is 0 Å². The zero-order valence-corrected chi connectivity index (χ0v) is 12.7. The Hall–Kier alpha value is -2.23. The Morgan fingerprint density at radius 1 is 1.00 bits per heavy atom. The normalized spacial score (nSPS) is 11.8. The van der Waals surface area contributed by atoms with Crippen molar-refractivity contribution in [3.05, 3.63) is 71.8 Å². The number of ether oxygens (including phenoxy) is 1. The molecule has 2 aromatic rings. The van der Waals surface area contributed by atoms with Gasteiger partial charge >= 0.3 is 14.8 Å². The molecule has 1 N–H and O–H groups in total. The molecular formula is C16H16NO4P. The quantitative estimate of drug-likeness (QED) is 0.624. The molecule has 0 fully saturated rings. The molecule has 0 bridgehead atoms. The number of alkyl carbamates (subject to hydrolysis) is 1. The highest BCUT2D eigenvalue weighted by Gasteiger charge is 2.15. The van der Waals surface area contributed by atoms with Crippen LogP contribution in [0.1, 0.15) is 11.1 Å². The molecule has 0 radical (unpaired) electrons. The highest BCUT2D eigenvalue weighted by Crippen LogP contribution is 2.09. The van der Waals surface area contributed by atoms with Gasteiger partial charge in [-0.25, -0.2) is 9.36 Å². The van der Waals surface area contributed by atoms with Crippen molar-refractivity contribution in [1.82, 2.24) is 5.32 Å². The maximum Gasteiger partial charge on any atom is 0.409 e. The third-order valence-electron chi connectivity index (χ3n) is 2.93. The third-order valence-corrected chi connectivity index (χ3v) is 3.27. The van der Waals surface area contributed by atoms with Crippen molar-refractivity contribution < 1.29 is 18.6 Å². The number of amides is 1. The second kappa shape index (κ2) is 8.93. The van der Waals surface area contributed by atoms with Crippen molar-refractivity contribution in [3.8, 4) is 0 Å². The first-order chi connectivity index (χ1) is 10.8. The zero-order chi connectivity index (χ0) is 15.6. The maximum absolute atomic E-state index is 11.8. The lowest BCUT2D eigenvalue weighted by molar-refractivity contribution is 0.110. The summed E-state index contributed by atoms with van der Waals surface area (Å²) in [5, 5.41) is 2.55. The molecule has 1 unspecified atom stereocenters. The van der Waals surface area contributed by atoms with Crippen LogP contribution in [0.4, 0.5) is 4.79 Å². The predicted molar refractivity (Wildman–Crippen MR) is 82.4 cm³/mol. The van der Waals surface area contributed by atoms with Crippen LogP contribution >= 0.6 is 8.69 Å². The smallest absolute Gasteiger partial charge is 0.409 e. The molecule has 2 aromatic carbocycles. The number of benzene rings is 2. The van der Waals surface area contributed by atoms with Crippen molar-refractivity contribution in [3.63, 3.8) is 0 Å². The van der Waals surface area contributed by atoms with E-state index in [2.05, 4.69) is 5.32 Å². The van der Waals surface area contributed by atoms with E-state index in [-0.39, 0.29) is 6.61 Å². The van der Waals surface area contributed by atoms with Crippen LogP contribution in [0.5, 0.6) is 0 Å². The molecule has 0 heterocycles. The number of carbonyl (C=O) groups is 1. The van der Waals surface area contributed by atoms with Gasteiger partial charge in [0.15, 0.2) is 0 Å². The first-order valence-corrected chi connectivity index (χ1v) is 7.50. The molecule has 5 nitrogen and oxygen atoms in total. The Labute approximate surface area is 130 Å². The summed E-state index contributed by atoms with van der Waals surface area (Å²) < 4.78 is 20.7. The molecule has 0 aliphatic rings. The maximum atomic E-state index is 11.8. The first kappa shape index (κ1) is 16.1. The number of carbonyl (C=O) groups excluding carboxylic acids is 1. The summed E-state index contributed by atoms with van der Waals surface area (Å²) in [6, 6.07) is 18.8.